The Kier molecular flexibility index (Phi) is 5.89. The first-order valence-corrected chi connectivity index (χ1v) is 5.10. The molecule has 0 aliphatic rings. The van der Waals surface area contributed by atoms with Gasteiger partial charge in [0.1, 0.15) is 5.25 Å². The lowest BCUT2D eigenvalue weighted by atomic mass is 10.1. The first-order chi connectivity index (χ1) is 5.59. The molecule has 0 spiro atoms. The third-order valence-electron chi connectivity index (χ3n) is 1.46. The van der Waals surface area contributed by atoms with Crippen LogP contribution >= 0.6 is 11.8 Å². The molecule has 0 radical (unpaired) electrons. The molecule has 70 valence electrons. The van der Waals surface area contributed by atoms with E-state index in [1.54, 1.807) is 0 Å². The second-order valence-corrected chi connectivity index (χ2v) is 4.08. The van der Waals surface area contributed by atoms with Crippen molar-refractivity contribution in [2.75, 3.05) is 5.75 Å². The third kappa shape index (κ3) is 4.44. The van der Waals surface area contributed by atoms with Crippen LogP contribution in [0, 0.1) is 5.92 Å². The van der Waals surface area contributed by atoms with Gasteiger partial charge in [0.15, 0.2) is 0 Å². The van der Waals surface area contributed by atoms with Gasteiger partial charge in [-0.2, -0.15) is 0 Å². The van der Waals surface area contributed by atoms with Crippen LogP contribution in [-0.2, 0) is 4.79 Å². The van der Waals surface area contributed by atoms with Gasteiger partial charge in [-0.15, -0.1) is 11.8 Å². The molecule has 1 atom stereocenters. The van der Waals surface area contributed by atoms with Gasteiger partial charge in [-0.3, -0.25) is 4.79 Å². The van der Waals surface area contributed by atoms with E-state index in [1.165, 1.54) is 11.8 Å². The summed E-state index contributed by atoms with van der Waals surface area (Å²) in [5, 5.41) is 8.52. The van der Waals surface area contributed by atoms with Gasteiger partial charge < -0.3 is 5.11 Å². The second-order valence-electron chi connectivity index (χ2n) is 2.91. The first kappa shape index (κ1) is 11.6. The number of hydrogen-bond acceptors (Lipinski definition) is 2. The minimum absolute atomic E-state index is 0.192. The van der Waals surface area contributed by atoms with Gasteiger partial charge in [-0.25, -0.2) is 0 Å². The summed E-state index contributed by atoms with van der Waals surface area (Å²) in [6, 6.07) is 0. The molecule has 0 bridgehead atoms. The van der Waals surface area contributed by atoms with Gasteiger partial charge in [0.2, 0.25) is 0 Å². The highest BCUT2D eigenvalue weighted by Gasteiger charge is 2.20. The van der Waals surface area contributed by atoms with Crippen LogP contribution in [0.4, 0.5) is 0 Å². The van der Waals surface area contributed by atoms with Crippen LogP contribution in [0.2, 0.25) is 0 Å². The van der Waals surface area contributed by atoms with E-state index in [0.717, 1.165) is 5.75 Å². The standard InChI is InChI=1S/C9H16O2S/c1-4-5-6-12-8(7(2)3)9(10)11/h4-5,7-8H,6H2,1-3H3,(H,10,11)/b5-4+. The Morgan fingerprint density at radius 2 is 2.17 bits per heavy atom. The molecule has 0 fully saturated rings. The summed E-state index contributed by atoms with van der Waals surface area (Å²) in [4.78, 5) is 10.7. The number of carboxylic acids is 1. The summed E-state index contributed by atoms with van der Waals surface area (Å²) in [5.41, 5.74) is 0. The number of carbonyl (C=O) groups is 1. The summed E-state index contributed by atoms with van der Waals surface area (Å²) in [7, 11) is 0. The average molecular weight is 188 g/mol. The van der Waals surface area contributed by atoms with Crippen molar-refractivity contribution in [1.82, 2.24) is 0 Å². The Morgan fingerprint density at radius 3 is 2.50 bits per heavy atom. The van der Waals surface area contributed by atoms with Crippen LogP contribution < -0.4 is 0 Å². The molecule has 0 aromatic carbocycles. The quantitative estimate of drug-likeness (QED) is 0.673. The molecule has 1 N–H and O–H groups in total. The van der Waals surface area contributed by atoms with E-state index in [1.807, 2.05) is 32.9 Å². The van der Waals surface area contributed by atoms with Crippen LogP contribution in [0.25, 0.3) is 0 Å². The number of thioether (sulfide) groups is 1. The first-order valence-electron chi connectivity index (χ1n) is 4.05. The minimum atomic E-state index is -0.709. The molecule has 0 amide bonds. The molecule has 1 unspecified atom stereocenters. The van der Waals surface area contributed by atoms with E-state index in [-0.39, 0.29) is 11.2 Å². The van der Waals surface area contributed by atoms with E-state index in [2.05, 4.69) is 0 Å². The van der Waals surface area contributed by atoms with Gasteiger partial charge >= 0.3 is 5.97 Å². The normalized spacial score (nSPS) is 14.0. The molecule has 0 aromatic rings. The van der Waals surface area contributed by atoms with Crippen LogP contribution in [-0.4, -0.2) is 22.1 Å². The van der Waals surface area contributed by atoms with Gasteiger partial charge in [0.25, 0.3) is 0 Å². The number of rotatable bonds is 5. The van der Waals surface area contributed by atoms with E-state index in [9.17, 15) is 4.79 Å². The number of allylic oxidation sites excluding steroid dienone is 1. The molecule has 0 heterocycles. The maximum atomic E-state index is 10.7. The molecule has 0 saturated carbocycles. The smallest absolute Gasteiger partial charge is 0.316 e. The summed E-state index contributed by atoms with van der Waals surface area (Å²) >= 11 is 1.48. The Hall–Kier alpha value is -0.440. The Labute approximate surface area is 78.0 Å². The number of carboxylic acid groups (broad SMARTS) is 1. The van der Waals surface area contributed by atoms with Crippen molar-refractivity contribution >= 4 is 17.7 Å². The zero-order chi connectivity index (χ0) is 9.56. The van der Waals surface area contributed by atoms with Crippen molar-refractivity contribution in [3.63, 3.8) is 0 Å². The molecule has 0 aliphatic heterocycles. The fourth-order valence-electron chi connectivity index (χ4n) is 0.804. The fourth-order valence-corrected chi connectivity index (χ4v) is 1.84. The van der Waals surface area contributed by atoms with Crippen LogP contribution in [0.3, 0.4) is 0 Å². The maximum Gasteiger partial charge on any atom is 0.316 e. The zero-order valence-corrected chi connectivity index (χ0v) is 8.60. The van der Waals surface area contributed by atoms with Crippen molar-refractivity contribution in [2.45, 2.75) is 26.0 Å². The maximum absolute atomic E-state index is 10.7. The average Bonchev–Trinajstić information content (AvgIpc) is 1.96. The van der Waals surface area contributed by atoms with E-state index in [4.69, 9.17) is 5.11 Å². The van der Waals surface area contributed by atoms with Crippen LogP contribution in [0.5, 0.6) is 0 Å². The highest BCUT2D eigenvalue weighted by molar-refractivity contribution is 8.00. The Balaban J connectivity index is 3.88. The lowest BCUT2D eigenvalue weighted by molar-refractivity contribution is -0.137. The topological polar surface area (TPSA) is 37.3 Å². The van der Waals surface area contributed by atoms with Gasteiger partial charge in [-0.05, 0) is 12.8 Å². The van der Waals surface area contributed by atoms with Crippen LogP contribution in [0.15, 0.2) is 12.2 Å². The minimum Gasteiger partial charge on any atom is -0.480 e. The molecule has 3 heteroatoms. The summed E-state index contributed by atoms with van der Waals surface area (Å²) in [5.74, 6) is 0.267. The lowest BCUT2D eigenvalue weighted by Gasteiger charge is -2.13. The van der Waals surface area contributed by atoms with Crippen molar-refractivity contribution in [3.8, 4) is 0 Å². The summed E-state index contributed by atoms with van der Waals surface area (Å²) in [6.45, 7) is 5.80. The molecular formula is C9H16O2S. The molecule has 0 rings (SSSR count). The molecule has 0 aliphatic carbocycles. The van der Waals surface area contributed by atoms with E-state index < -0.39 is 5.97 Å². The number of hydrogen-bond donors (Lipinski definition) is 1. The third-order valence-corrected chi connectivity index (χ3v) is 2.95. The Morgan fingerprint density at radius 1 is 1.58 bits per heavy atom. The van der Waals surface area contributed by atoms with E-state index in [0.29, 0.717) is 0 Å². The molecule has 0 saturated heterocycles. The molecular weight excluding hydrogens is 172 g/mol. The highest BCUT2D eigenvalue weighted by atomic mass is 32.2. The van der Waals surface area contributed by atoms with E-state index >= 15 is 0 Å². The van der Waals surface area contributed by atoms with Crippen molar-refractivity contribution in [2.24, 2.45) is 5.92 Å². The monoisotopic (exact) mass is 188 g/mol. The Bertz CT molecular complexity index is 164. The van der Waals surface area contributed by atoms with Crippen LogP contribution in [0.1, 0.15) is 20.8 Å². The summed E-state index contributed by atoms with van der Waals surface area (Å²) in [6.07, 6.45) is 3.91. The van der Waals surface area contributed by atoms with Gasteiger partial charge in [-0.1, -0.05) is 26.0 Å². The molecule has 12 heavy (non-hydrogen) atoms. The SMILES string of the molecule is C/C=C/CSC(C(=O)O)C(C)C. The highest BCUT2D eigenvalue weighted by Crippen LogP contribution is 2.19. The predicted molar refractivity (Wildman–Crippen MR) is 53.5 cm³/mol. The lowest BCUT2D eigenvalue weighted by Crippen LogP contribution is -2.22. The number of aliphatic carboxylic acids is 1. The van der Waals surface area contributed by atoms with Gasteiger partial charge in [0.05, 0.1) is 0 Å². The fraction of sp³-hybridized carbons (Fsp3) is 0.667. The molecule has 0 aromatic heterocycles. The van der Waals surface area contributed by atoms with Crippen molar-refractivity contribution in [3.05, 3.63) is 12.2 Å². The second kappa shape index (κ2) is 6.12. The predicted octanol–water partition coefficient (Wildman–Crippen LogP) is 2.40. The summed E-state index contributed by atoms with van der Waals surface area (Å²) < 4.78 is 0. The largest absolute Gasteiger partial charge is 0.480 e. The molecule has 2 nitrogen and oxygen atoms in total. The van der Waals surface area contributed by atoms with Crippen molar-refractivity contribution in [1.29, 1.82) is 0 Å². The zero-order valence-electron chi connectivity index (χ0n) is 7.78. The van der Waals surface area contributed by atoms with Crippen molar-refractivity contribution < 1.29 is 9.90 Å². The van der Waals surface area contributed by atoms with Gasteiger partial charge in [0, 0.05) is 5.75 Å².